The molecule has 0 aromatic heterocycles. The van der Waals surface area contributed by atoms with Crippen LogP contribution in [0.1, 0.15) is 25.3 Å². The zero-order valence-electron chi connectivity index (χ0n) is 9.49. The van der Waals surface area contributed by atoms with Gasteiger partial charge in [-0.15, -0.1) is 0 Å². The van der Waals surface area contributed by atoms with Gasteiger partial charge in [0.15, 0.2) is 11.5 Å². The molecular weight excluding hydrogens is 192 g/mol. The van der Waals surface area contributed by atoms with E-state index < -0.39 is 0 Å². The second-order valence-electron chi connectivity index (χ2n) is 3.40. The van der Waals surface area contributed by atoms with Crippen molar-refractivity contribution in [1.29, 1.82) is 0 Å². The molecule has 1 atom stereocenters. The molecule has 0 amide bonds. The van der Waals surface area contributed by atoms with Crippen LogP contribution in [0.2, 0.25) is 0 Å². The fourth-order valence-corrected chi connectivity index (χ4v) is 1.51. The third-order valence-electron chi connectivity index (χ3n) is 2.32. The van der Waals surface area contributed by atoms with Crippen LogP contribution in [0.3, 0.4) is 0 Å². The van der Waals surface area contributed by atoms with Gasteiger partial charge in [-0.3, -0.25) is 0 Å². The van der Waals surface area contributed by atoms with E-state index in [1.54, 1.807) is 7.11 Å². The van der Waals surface area contributed by atoms with Gasteiger partial charge in [0.2, 0.25) is 0 Å². The topological polar surface area (TPSA) is 38.7 Å². The van der Waals surface area contributed by atoms with Crippen LogP contribution in [0.4, 0.5) is 0 Å². The molecule has 0 saturated heterocycles. The van der Waals surface area contributed by atoms with Gasteiger partial charge in [0.25, 0.3) is 0 Å². The highest BCUT2D eigenvalue weighted by Crippen LogP contribution is 2.35. The van der Waals surface area contributed by atoms with E-state index >= 15 is 0 Å². The number of rotatable bonds is 5. The van der Waals surface area contributed by atoms with Crippen LogP contribution >= 0.6 is 0 Å². The van der Waals surface area contributed by atoms with Gasteiger partial charge in [-0.25, -0.2) is 0 Å². The maximum atomic E-state index is 9.13. The van der Waals surface area contributed by atoms with Crippen molar-refractivity contribution in [3.63, 3.8) is 0 Å². The van der Waals surface area contributed by atoms with Crippen molar-refractivity contribution in [2.45, 2.75) is 19.8 Å². The molecule has 3 nitrogen and oxygen atoms in total. The average molecular weight is 210 g/mol. The zero-order chi connectivity index (χ0) is 11.3. The Bertz CT molecular complexity index is 310. The Morgan fingerprint density at radius 1 is 1.40 bits per heavy atom. The Labute approximate surface area is 90.6 Å². The van der Waals surface area contributed by atoms with Crippen molar-refractivity contribution in [1.82, 2.24) is 0 Å². The standard InChI is InChI=1S/C12H18O3/c1-4-15-11-7-5-6-10(9(2)8-13)12(11)14-3/h5-7,9,13H,4,8H2,1-3H3. The lowest BCUT2D eigenvalue weighted by Crippen LogP contribution is -2.04. The molecule has 0 radical (unpaired) electrons. The molecule has 0 aliphatic carbocycles. The van der Waals surface area contributed by atoms with Gasteiger partial charge in [-0.1, -0.05) is 19.1 Å². The molecule has 0 bridgehead atoms. The van der Waals surface area contributed by atoms with Crippen LogP contribution in [0.15, 0.2) is 18.2 Å². The molecular formula is C12H18O3. The number of aliphatic hydroxyl groups excluding tert-OH is 1. The highest BCUT2D eigenvalue weighted by atomic mass is 16.5. The van der Waals surface area contributed by atoms with E-state index in [0.29, 0.717) is 6.61 Å². The summed E-state index contributed by atoms with van der Waals surface area (Å²) in [7, 11) is 1.62. The maximum absolute atomic E-state index is 9.13. The molecule has 0 fully saturated rings. The number of hydrogen-bond acceptors (Lipinski definition) is 3. The van der Waals surface area contributed by atoms with Gasteiger partial charge in [-0.2, -0.15) is 0 Å². The fourth-order valence-electron chi connectivity index (χ4n) is 1.51. The van der Waals surface area contributed by atoms with Gasteiger partial charge in [0.1, 0.15) is 0 Å². The minimum atomic E-state index is 0.0559. The van der Waals surface area contributed by atoms with E-state index in [1.165, 1.54) is 0 Å². The number of methoxy groups -OCH3 is 1. The monoisotopic (exact) mass is 210 g/mol. The maximum Gasteiger partial charge on any atom is 0.164 e. The summed E-state index contributed by atoms with van der Waals surface area (Å²) >= 11 is 0. The highest BCUT2D eigenvalue weighted by molar-refractivity contribution is 5.48. The minimum absolute atomic E-state index is 0.0559. The average Bonchev–Trinajstić information content (AvgIpc) is 2.28. The van der Waals surface area contributed by atoms with Crippen LogP contribution in [0, 0.1) is 0 Å². The fraction of sp³-hybridized carbons (Fsp3) is 0.500. The molecule has 84 valence electrons. The van der Waals surface area contributed by atoms with Crippen LogP contribution in [0.25, 0.3) is 0 Å². The Hall–Kier alpha value is -1.22. The molecule has 1 rings (SSSR count). The van der Waals surface area contributed by atoms with Crippen LogP contribution in [0.5, 0.6) is 11.5 Å². The van der Waals surface area contributed by atoms with Crippen molar-refractivity contribution >= 4 is 0 Å². The summed E-state index contributed by atoms with van der Waals surface area (Å²) in [5.74, 6) is 1.51. The second-order valence-corrected chi connectivity index (χ2v) is 3.40. The summed E-state index contributed by atoms with van der Waals surface area (Å²) in [5.41, 5.74) is 0.978. The number of hydrogen-bond donors (Lipinski definition) is 1. The predicted octanol–water partition coefficient (Wildman–Crippen LogP) is 2.19. The molecule has 0 spiro atoms. The smallest absolute Gasteiger partial charge is 0.164 e. The Morgan fingerprint density at radius 3 is 2.67 bits per heavy atom. The Morgan fingerprint density at radius 2 is 2.13 bits per heavy atom. The molecule has 15 heavy (non-hydrogen) atoms. The van der Waals surface area contributed by atoms with Gasteiger partial charge in [-0.05, 0) is 13.0 Å². The van der Waals surface area contributed by atoms with Crippen LogP contribution in [-0.4, -0.2) is 25.4 Å². The molecule has 0 aliphatic rings. The third-order valence-corrected chi connectivity index (χ3v) is 2.32. The second kappa shape index (κ2) is 5.61. The van der Waals surface area contributed by atoms with E-state index in [0.717, 1.165) is 17.1 Å². The molecule has 3 heteroatoms. The van der Waals surface area contributed by atoms with E-state index in [1.807, 2.05) is 32.0 Å². The highest BCUT2D eigenvalue weighted by Gasteiger charge is 2.14. The first-order chi connectivity index (χ1) is 7.24. The summed E-state index contributed by atoms with van der Waals surface area (Å²) in [6, 6.07) is 5.73. The molecule has 1 N–H and O–H groups in total. The first kappa shape index (κ1) is 11.9. The lowest BCUT2D eigenvalue weighted by Gasteiger charge is -2.16. The molecule has 0 saturated carbocycles. The van der Waals surface area contributed by atoms with Gasteiger partial charge in [0, 0.05) is 18.1 Å². The van der Waals surface area contributed by atoms with Crippen LogP contribution in [-0.2, 0) is 0 Å². The van der Waals surface area contributed by atoms with E-state index in [2.05, 4.69) is 0 Å². The van der Waals surface area contributed by atoms with Crippen molar-refractivity contribution in [2.75, 3.05) is 20.3 Å². The molecule has 1 unspecified atom stereocenters. The largest absolute Gasteiger partial charge is 0.493 e. The zero-order valence-corrected chi connectivity index (χ0v) is 9.49. The van der Waals surface area contributed by atoms with Gasteiger partial charge < -0.3 is 14.6 Å². The number of aliphatic hydroxyl groups is 1. The summed E-state index contributed by atoms with van der Waals surface area (Å²) in [6.45, 7) is 4.59. The molecule has 1 aromatic rings. The van der Waals surface area contributed by atoms with Crippen molar-refractivity contribution in [2.24, 2.45) is 0 Å². The Balaban J connectivity index is 3.09. The van der Waals surface area contributed by atoms with E-state index in [9.17, 15) is 0 Å². The lowest BCUT2D eigenvalue weighted by atomic mass is 10.0. The van der Waals surface area contributed by atoms with Gasteiger partial charge >= 0.3 is 0 Å². The Kier molecular flexibility index (Phi) is 4.43. The summed E-state index contributed by atoms with van der Waals surface area (Å²) in [5, 5.41) is 9.13. The van der Waals surface area contributed by atoms with E-state index in [-0.39, 0.29) is 12.5 Å². The first-order valence-electron chi connectivity index (χ1n) is 5.15. The summed E-state index contributed by atoms with van der Waals surface area (Å²) in [4.78, 5) is 0. The SMILES string of the molecule is CCOc1cccc(C(C)CO)c1OC. The van der Waals surface area contributed by atoms with Gasteiger partial charge in [0.05, 0.1) is 13.7 Å². The first-order valence-corrected chi connectivity index (χ1v) is 5.15. The third kappa shape index (κ3) is 2.63. The van der Waals surface area contributed by atoms with Crippen molar-refractivity contribution in [3.05, 3.63) is 23.8 Å². The van der Waals surface area contributed by atoms with Crippen molar-refractivity contribution < 1.29 is 14.6 Å². The normalized spacial score (nSPS) is 12.3. The minimum Gasteiger partial charge on any atom is -0.493 e. The number of para-hydroxylation sites is 1. The lowest BCUT2D eigenvalue weighted by molar-refractivity contribution is 0.266. The molecule has 0 heterocycles. The summed E-state index contributed by atoms with van der Waals surface area (Å²) in [6.07, 6.45) is 0. The molecule has 1 aromatic carbocycles. The van der Waals surface area contributed by atoms with E-state index in [4.69, 9.17) is 14.6 Å². The van der Waals surface area contributed by atoms with Crippen LogP contribution < -0.4 is 9.47 Å². The number of ether oxygens (including phenoxy) is 2. The summed E-state index contributed by atoms with van der Waals surface area (Å²) < 4.78 is 10.8. The predicted molar refractivity (Wildman–Crippen MR) is 59.7 cm³/mol. The van der Waals surface area contributed by atoms with Crippen molar-refractivity contribution in [3.8, 4) is 11.5 Å². The number of benzene rings is 1. The quantitative estimate of drug-likeness (QED) is 0.809. The molecule has 0 aliphatic heterocycles.